The van der Waals surface area contributed by atoms with Crippen molar-refractivity contribution >= 4 is 5.82 Å². The van der Waals surface area contributed by atoms with Crippen molar-refractivity contribution in [2.75, 3.05) is 5.32 Å². The van der Waals surface area contributed by atoms with Crippen LogP contribution in [0.25, 0.3) is 22.8 Å². The molecule has 2 heterocycles. The molecule has 0 radical (unpaired) electrons. The fraction of sp³-hybridized carbons (Fsp3) is 0.269. The second-order valence-corrected chi connectivity index (χ2v) is 8.64. The Morgan fingerprint density at radius 1 is 1.00 bits per heavy atom. The van der Waals surface area contributed by atoms with E-state index in [2.05, 4.69) is 25.0 Å². The van der Waals surface area contributed by atoms with Crippen molar-refractivity contribution in [1.29, 1.82) is 0 Å². The maximum atomic E-state index is 13.0. The first-order valence-corrected chi connectivity index (χ1v) is 11.4. The van der Waals surface area contributed by atoms with E-state index in [4.69, 9.17) is 0 Å². The summed E-state index contributed by atoms with van der Waals surface area (Å²) in [5.74, 6) is 0.609. The molecule has 0 unspecified atom stereocenters. The van der Waals surface area contributed by atoms with Crippen molar-refractivity contribution in [2.45, 2.75) is 39.1 Å². The van der Waals surface area contributed by atoms with Gasteiger partial charge in [-0.2, -0.15) is 22.0 Å². The molecular weight excluding hydrogens is 493 g/mol. The molecule has 11 heteroatoms. The van der Waals surface area contributed by atoms with Gasteiger partial charge in [-0.25, -0.2) is 15.0 Å². The molecule has 4 rings (SSSR count). The predicted octanol–water partition coefficient (Wildman–Crippen LogP) is 6.90. The highest BCUT2D eigenvalue weighted by Crippen LogP contribution is 2.32. The van der Waals surface area contributed by atoms with E-state index in [1.165, 1.54) is 17.8 Å². The van der Waals surface area contributed by atoms with Gasteiger partial charge in [0.2, 0.25) is 0 Å². The minimum absolute atomic E-state index is 0.0897. The van der Waals surface area contributed by atoms with Gasteiger partial charge in [0.05, 0.1) is 6.20 Å². The molecule has 0 fully saturated rings. The molecular formula is C26H24F5N5O. The van der Waals surface area contributed by atoms with Crippen LogP contribution in [0, 0.1) is 0 Å². The SMILES string of the molecule is CC(C)c1ccccc1-c1ncc(OC(F)F)c(NCc2ccc(-c3nc(C(F)(F)F)cn3C)cc2)n1. The fourth-order valence-corrected chi connectivity index (χ4v) is 3.84. The van der Waals surface area contributed by atoms with Crippen LogP contribution in [0.4, 0.5) is 27.8 Å². The van der Waals surface area contributed by atoms with Crippen LogP contribution in [0.2, 0.25) is 0 Å². The summed E-state index contributed by atoms with van der Waals surface area (Å²) in [4.78, 5) is 12.4. The molecule has 2 aromatic carbocycles. The number of hydrogen-bond donors (Lipinski definition) is 1. The Morgan fingerprint density at radius 2 is 1.70 bits per heavy atom. The monoisotopic (exact) mass is 517 g/mol. The van der Waals surface area contributed by atoms with E-state index in [0.29, 0.717) is 11.4 Å². The summed E-state index contributed by atoms with van der Waals surface area (Å²) in [5, 5.41) is 3.01. The molecule has 1 N–H and O–H groups in total. The van der Waals surface area contributed by atoms with E-state index in [9.17, 15) is 22.0 Å². The zero-order chi connectivity index (χ0) is 26.7. The number of benzene rings is 2. The molecule has 194 valence electrons. The first-order chi connectivity index (χ1) is 17.5. The van der Waals surface area contributed by atoms with Gasteiger partial charge in [0.25, 0.3) is 0 Å². The van der Waals surface area contributed by atoms with Crippen molar-refractivity contribution < 1.29 is 26.7 Å². The molecule has 37 heavy (non-hydrogen) atoms. The zero-order valence-corrected chi connectivity index (χ0v) is 20.2. The molecule has 0 spiro atoms. The largest absolute Gasteiger partial charge is 0.434 e. The number of alkyl halides is 5. The number of anilines is 1. The fourth-order valence-electron chi connectivity index (χ4n) is 3.84. The Kier molecular flexibility index (Phi) is 7.42. The van der Waals surface area contributed by atoms with Crippen LogP contribution in [-0.2, 0) is 19.8 Å². The summed E-state index contributed by atoms with van der Waals surface area (Å²) < 4.78 is 70.8. The topological polar surface area (TPSA) is 64.9 Å². The third-order valence-corrected chi connectivity index (χ3v) is 5.63. The number of halogens is 5. The Morgan fingerprint density at radius 3 is 2.32 bits per heavy atom. The van der Waals surface area contributed by atoms with Crippen molar-refractivity contribution in [3.05, 3.63) is 77.7 Å². The van der Waals surface area contributed by atoms with E-state index in [-0.39, 0.29) is 29.9 Å². The van der Waals surface area contributed by atoms with Gasteiger partial charge in [0.15, 0.2) is 23.1 Å². The lowest BCUT2D eigenvalue weighted by Crippen LogP contribution is -2.10. The number of rotatable bonds is 8. The summed E-state index contributed by atoms with van der Waals surface area (Å²) in [6.45, 7) is 1.20. The van der Waals surface area contributed by atoms with Crippen LogP contribution in [-0.4, -0.2) is 26.1 Å². The zero-order valence-electron chi connectivity index (χ0n) is 20.2. The Labute approximate surface area is 210 Å². The van der Waals surface area contributed by atoms with Crippen molar-refractivity contribution in [3.8, 4) is 28.5 Å². The smallest absolute Gasteiger partial charge is 0.429 e. The molecule has 0 aliphatic carbocycles. The number of aromatic nitrogens is 4. The summed E-state index contributed by atoms with van der Waals surface area (Å²) in [6, 6.07) is 14.3. The minimum atomic E-state index is -4.54. The molecule has 0 atom stereocenters. The first kappa shape index (κ1) is 26.1. The van der Waals surface area contributed by atoms with E-state index < -0.39 is 18.5 Å². The van der Waals surface area contributed by atoms with Crippen LogP contribution in [0.3, 0.4) is 0 Å². The maximum absolute atomic E-state index is 13.0. The number of ether oxygens (including phenoxy) is 1. The van der Waals surface area contributed by atoms with Crippen LogP contribution in [0.5, 0.6) is 5.75 Å². The molecule has 0 aliphatic heterocycles. The number of hydrogen-bond acceptors (Lipinski definition) is 5. The van der Waals surface area contributed by atoms with E-state index in [1.54, 1.807) is 24.3 Å². The van der Waals surface area contributed by atoms with Crippen LogP contribution < -0.4 is 10.1 Å². The van der Waals surface area contributed by atoms with Crippen molar-refractivity contribution in [2.24, 2.45) is 7.05 Å². The normalized spacial score (nSPS) is 11.8. The lowest BCUT2D eigenvalue weighted by Gasteiger charge is -2.15. The summed E-state index contributed by atoms with van der Waals surface area (Å²) in [7, 11) is 1.49. The van der Waals surface area contributed by atoms with Gasteiger partial charge in [0, 0.05) is 30.9 Å². The quantitative estimate of drug-likeness (QED) is 0.258. The average molecular weight is 518 g/mol. The van der Waals surface area contributed by atoms with E-state index >= 15 is 0 Å². The molecule has 6 nitrogen and oxygen atoms in total. The van der Waals surface area contributed by atoms with Gasteiger partial charge >= 0.3 is 12.8 Å². The van der Waals surface area contributed by atoms with Crippen LogP contribution in [0.15, 0.2) is 60.9 Å². The highest BCUT2D eigenvalue weighted by atomic mass is 19.4. The first-order valence-electron chi connectivity index (χ1n) is 11.4. The van der Waals surface area contributed by atoms with Gasteiger partial charge in [-0.15, -0.1) is 0 Å². The number of imidazole rings is 1. The highest BCUT2D eigenvalue weighted by Gasteiger charge is 2.34. The third kappa shape index (κ3) is 6.04. The van der Waals surface area contributed by atoms with Crippen LogP contribution in [0.1, 0.15) is 36.6 Å². The minimum Gasteiger partial charge on any atom is -0.429 e. The third-order valence-electron chi connectivity index (χ3n) is 5.63. The van der Waals surface area contributed by atoms with Gasteiger partial charge in [-0.05, 0) is 17.0 Å². The molecule has 0 aliphatic rings. The summed E-state index contributed by atoms with van der Waals surface area (Å²) in [6.07, 6.45) is -2.40. The van der Waals surface area contributed by atoms with E-state index in [1.807, 2.05) is 38.1 Å². The standard InChI is InChI=1S/C26H24F5N5O/c1-15(2)18-6-4-5-7-19(18)22-33-13-20(37-25(27)28)23(35-22)32-12-16-8-10-17(11-9-16)24-34-21(14-36(24)3)26(29,30)31/h4-11,13-15,25H,12H2,1-3H3,(H,32,33,35). The second kappa shape index (κ2) is 10.5. The van der Waals surface area contributed by atoms with Crippen molar-refractivity contribution in [1.82, 2.24) is 19.5 Å². The van der Waals surface area contributed by atoms with Crippen molar-refractivity contribution in [3.63, 3.8) is 0 Å². The maximum Gasteiger partial charge on any atom is 0.434 e. The average Bonchev–Trinajstić information content (AvgIpc) is 3.25. The number of aryl methyl sites for hydroxylation is 1. The Bertz CT molecular complexity index is 1370. The van der Waals surface area contributed by atoms with Gasteiger partial charge in [0.1, 0.15) is 5.82 Å². The van der Waals surface area contributed by atoms with Gasteiger partial charge in [-0.1, -0.05) is 62.4 Å². The lowest BCUT2D eigenvalue weighted by molar-refractivity contribution is -0.140. The molecule has 0 amide bonds. The molecule has 0 saturated carbocycles. The van der Waals surface area contributed by atoms with Gasteiger partial charge < -0.3 is 14.6 Å². The lowest BCUT2D eigenvalue weighted by atomic mass is 9.97. The molecule has 0 saturated heterocycles. The van der Waals surface area contributed by atoms with Gasteiger partial charge in [-0.3, -0.25) is 0 Å². The molecule has 0 bridgehead atoms. The number of nitrogens with zero attached hydrogens (tertiary/aromatic N) is 4. The van der Waals surface area contributed by atoms with Crippen LogP contribution >= 0.6 is 0 Å². The Balaban J connectivity index is 1.57. The number of nitrogens with one attached hydrogen (secondary N) is 1. The summed E-state index contributed by atoms with van der Waals surface area (Å²) in [5.41, 5.74) is 2.05. The second-order valence-electron chi connectivity index (χ2n) is 8.64. The van der Waals surface area contributed by atoms with E-state index in [0.717, 1.165) is 22.9 Å². The molecule has 4 aromatic rings. The Hall–Kier alpha value is -4.02. The molecule has 2 aromatic heterocycles. The predicted molar refractivity (Wildman–Crippen MR) is 129 cm³/mol. The highest BCUT2D eigenvalue weighted by molar-refractivity contribution is 5.64. The summed E-state index contributed by atoms with van der Waals surface area (Å²) >= 11 is 0.